The van der Waals surface area contributed by atoms with Crippen LogP contribution < -0.4 is 5.73 Å². The van der Waals surface area contributed by atoms with Gasteiger partial charge in [-0.2, -0.15) is 0 Å². The molecule has 1 aliphatic carbocycles. The third-order valence-corrected chi connectivity index (χ3v) is 7.09. The fraction of sp³-hybridized carbons (Fsp3) is 0.273. The summed E-state index contributed by atoms with van der Waals surface area (Å²) in [6.07, 6.45) is 2.25. The number of pyridine rings is 1. The highest BCUT2D eigenvalue weighted by Crippen LogP contribution is 2.75. The number of carbonyl (C=O) groups is 1. The predicted octanol–water partition coefficient (Wildman–Crippen LogP) is 4.69. The van der Waals surface area contributed by atoms with E-state index in [1.807, 2.05) is 0 Å². The zero-order chi connectivity index (χ0) is 24.2. The second-order valence-electron chi connectivity index (χ2n) is 7.73. The van der Waals surface area contributed by atoms with Crippen molar-refractivity contribution in [2.24, 2.45) is 16.6 Å². The molecule has 2 aromatic rings. The average molecular weight is 476 g/mol. The number of benzene rings is 1. The Morgan fingerprint density at radius 1 is 1.33 bits per heavy atom. The molecule has 4 rings (SSSR count). The molecule has 2 heterocycles. The lowest BCUT2D eigenvalue weighted by molar-refractivity contribution is -0.143. The second-order valence-corrected chi connectivity index (χ2v) is 8.99. The van der Waals surface area contributed by atoms with Gasteiger partial charge in [-0.25, -0.2) is 22.4 Å². The van der Waals surface area contributed by atoms with Crippen LogP contribution in [0.15, 0.2) is 41.5 Å². The Morgan fingerprint density at radius 2 is 2.06 bits per heavy atom. The molecule has 2 aliphatic rings. The molecule has 3 atom stereocenters. The molecule has 6 nitrogen and oxygen atoms in total. The van der Waals surface area contributed by atoms with E-state index in [0.717, 1.165) is 19.3 Å². The van der Waals surface area contributed by atoms with Crippen LogP contribution in [0, 0.1) is 18.3 Å². The Balaban J connectivity index is 1.78. The maximum absolute atomic E-state index is 15.0. The molecule has 0 bridgehead atoms. The molecule has 0 saturated heterocycles. The van der Waals surface area contributed by atoms with E-state index >= 15 is 0 Å². The van der Waals surface area contributed by atoms with Gasteiger partial charge in [0.2, 0.25) is 5.69 Å². The van der Waals surface area contributed by atoms with Crippen molar-refractivity contribution in [1.82, 2.24) is 4.98 Å². The topological polar surface area (TPSA) is 81.9 Å². The number of rotatable bonds is 4. The molecule has 11 heteroatoms. The lowest BCUT2D eigenvalue weighted by Gasteiger charge is -2.31. The van der Waals surface area contributed by atoms with E-state index in [4.69, 9.17) is 12.3 Å². The Bertz CT molecular complexity index is 1260. The lowest BCUT2D eigenvalue weighted by Crippen LogP contribution is -2.40. The molecule has 1 aliphatic heterocycles. The predicted molar refractivity (Wildman–Crippen MR) is 116 cm³/mol. The third kappa shape index (κ3) is 3.28. The second kappa shape index (κ2) is 7.59. The number of esters is 1. The number of ether oxygens (including phenoxy) is 1. The Labute approximate surface area is 190 Å². The van der Waals surface area contributed by atoms with E-state index in [1.54, 1.807) is 0 Å². The number of carbonyl (C=O) groups excluding carboxylic acids is 1. The molecule has 0 amide bonds. The van der Waals surface area contributed by atoms with Gasteiger partial charge in [0.25, 0.3) is 5.92 Å². The summed E-state index contributed by atoms with van der Waals surface area (Å²) in [5, 5.41) is -0.313. The molecule has 33 heavy (non-hydrogen) atoms. The van der Waals surface area contributed by atoms with E-state index < -0.39 is 39.7 Å². The molecule has 1 aromatic heterocycles. The van der Waals surface area contributed by atoms with Crippen LogP contribution >= 0.6 is 11.8 Å². The smallest absolute Gasteiger partial charge is 0.329 e. The maximum Gasteiger partial charge on any atom is 0.329 e. The normalized spacial score (nSPS) is 27.7. The van der Waals surface area contributed by atoms with Gasteiger partial charge < -0.3 is 10.5 Å². The maximum atomic E-state index is 15.0. The minimum Gasteiger partial charge on any atom is -0.468 e. The zero-order valence-corrected chi connectivity index (χ0v) is 18.1. The first-order valence-corrected chi connectivity index (χ1v) is 10.3. The van der Waals surface area contributed by atoms with Crippen LogP contribution in [-0.2, 0) is 15.1 Å². The number of methoxy groups -OCH3 is 1. The molecular weight excluding hydrogens is 460 g/mol. The fourth-order valence-corrected chi connectivity index (χ4v) is 5.66. The molecular formula is C22H16F4N4O2S. The number of hydrogen-bond acceptors (Lipinski definition) is 6. The number of aliphatic imine (C=N–C) groups is 1. The molecule has 170 valence electrons. The highest BCUT2D eigenvalue weighted by atomic mass is 32.2. The van der Waals surface area contributed by atoms with Gasteiger partial charge in [0.05, 0.1) is 30.8 Å². The Kier molecular flexibility index (Phi) is 5.24. The number of alkyl halides is 2. The monoisotopic (exact) mass is 476 g/mol. The summed E-state index contributed by atoms with van der Waals surface area (Å²) in [5.74, 6) is -8.11. The number of amidine groups is 1. The number of halogens is 4. The van der Waals surface area contributed by atoms with E-state index in [0.29, 0.717) is 11.8 Å². The van der Waals surface area contributed by atoms with Gasteiger partial charge in [0, 0.05) is 11.8 Å². The van der Waals surface area contributed by atoms with Crippen molar-refractivity contribution in [3.8, 4) is 0 Å². The first-order valence-electron chi connectivity index (χ1n) is 9.53. The molecule has 0 unspecified atom stereocenters. The van der Waals surface area contributed by atoms with Crippen molar-refractivity contribution in [3.63, 3.8) is 0 Å². The number of nitrogens with two attached hydrogens (primary N) is 1. The van der Waals surface area contributed by atoms with Crippen LogP contribution in [0.25, 0.3) is 16.7 Å². The molecule has 0 spiro atoms. The minimum atomic E-state index is -3.57. The number of nitrogens with zero attached hydrogens (tertiary/aromatic N) is 3. The van der Waals surface area contributed by atoms with E-state index in [1.165, 1.54) is 37.4 Å². The summed E-state index contributed by atoms with van der Waals surface area (Å²) in [6, 6.07) is 6.15. The summed E-state index contributed by atoms with van der Waals surface area (Å²) < 4.78 is 61.9. The van der Waals surface area contributed by atoms with Crippen molar-refractivity contribution in [2.45, 2.75) is 23.1 Å². The van der Waals surface area contributed by atoms with Gasteiger partial charge in [-0.1, -0.05) is 23.9 Å². The van der Waals surface area contributed by atoms with Crippen molar-refractivity contribution in [2.75, 3.05) is 7.11 Å². The summed E-state index contributed by atoms with van der Waals surface area (Å²) >= 11 is 0.400. The number of aromatic nitrogens is 1. The number of fused-ring (bicyclic) bond motifs is 1. The highest BCUT2D eigenvalue weighted by Gasteiger charge is 2.92. The zero-order valence-electron chi connectivity index (χ0n) is 17.3. The average Bonchev–Trinajstić information content (AvgIpc) is 3.30. The van der Waals surface area contributed by atoms with Gasteiger partial charge in [0.1, 0.15) is 11.6 Å². The molecule has 1 fully saturated rings. The fourth-order valence-electron chi connectivity index (χ4n) is 4.24. The van der Waals surface area contributed by atoms with Crippen LogP contribution in [0.2, 0.25) is 0 Å². The number of thioether (sulfide) groups is 1. The molecule has 1 aromatic carbocycles. The van der Waals surface area contributed by atoms with Crippen LogP contribution in [0.5, 0.6) is 0 Å². The summed E-state index contributed by atoms with van der Waals surface area (Å²) in [5.41, 5.74) is 3.93. The SMILES string of the molecule is [C-]#[N+]c1ccc(/C(F)=C/c2ccc(F)c([C@@]3(C)N=C(N)S[C@]4(C(=O)OC)[C@H]3C4(F)F)c2)nc1. The quantitative estimate of drug-likeness (QED) is 0.393. The van der Waals surface area contributed by atoms with Crippen molar-refractivity contribution in [3.05, 3.63) is 70.6 Å². The summed E-state index contributed by atoms with van der Waals surface area (Å²) in [7, 11) is 0.982. The Hall–Kier alpha value is -3.39. The first-order chi connectivity index (χ1) is 15.5. The van der Waals surface area contributed by atoms with Gasteiger partial charge in [-0.3, -0.25) is 14.8 Å². The van der Waals surface area contributed by atoms with Crippen molar-refractivity contribution >= 4 is 40.5 Å². The third-order valence-electron chi connectivity index (χ3n) is 5.79. The van der Waals surface area contributed by atoms with Crippen LogP contribution in [0.3, 0.4) is 0 Å². The number of hydrogen-bond donors (Lipinski definition) is 1. The van der Waals surface area contributed by atoms with E-state index in [2.05, 4.69) is 19.6 Å². The lowest BCUT2D eigenvalue weighted by atomic mass is 9.84. The van der Waals surface area contributed by atoms with E-state index in [9.17, 15) is 22.4 Å². The van der Waals surface area contributed by atoms with Gasteiger partial charge in [-0.15, -0.1) is 0 Å². The first kappa shape index (κ1) is 22.8. The van der Waals surface area contributed by atoms with Gasteiger partial charge in [-0.05, 0) is 36.8 Å². The summed E-state index contributed by atoms with van der Waals surface area (Å²) in [6.45, 7) is 8.17. The van der Waals surface area contributed by atoms with Gasteiger partial charge >= 0.3 is 5.97 Å². The van der Waals surface area contributed by atoms with Crippen LogP contribution in [-0.4, -0.2) is 33.9 Å². The summed E-state index contributed by atoms with van der Waals surface area (Å²) in [4.78, 5) is 23.4. The van der Waals surface area contributed by atoms with Crippen LogP contribution in [0.4, 0.5) is 23.2 Å². The van der Waals surface area contributed by atoms with E-state index in [-0.39, 0.29) is 27.7 Å². The van der Waals surface area contributed by atoms with Crippen LogP contribution in [0.1, 0.15) is 23.7 Å². The Morgan fingerprint density at radius 3 is 2.67 bits per heavy atom. The largest absolute Gasteiger partial charge is 0.468 e. The van der Waals surface area contributed by atoms with Crippen molar-refractivity contribution in [1.29, 1.82) is 0 Å². The molecule has 1 saturated carbocycles. The molecule has 2 N–H and O–H groups in total. The van der Waals surface area contributed by atoms with Gasteiger partial charge in [0.15, 0.2) is 9.91 Å². The minimum absolute atomic E-state index is 0.0609. The molecule has 0 radical (unpaired) electrons. The standard InChI is InChI=1S/C22H16F4N4O2S/c1-20(17-21(18(31)32-3,22(17,25)26)33-19(27)30-20)13-8-11(4-6-14(13)23)9-15(24)16-7-5-12(28-2)10-29-16/h4-10,17H,1,3H3,(H2,27,30)/b15-9-/t17-,20+,21-/m0/s1. The highest BCUT2D eigenvalue weighted by molar-refractivity contribution is 8.16. The van der Waals surface area contributed by atoms with Crippen molar-refractivity contribution < 1.29 is 27.1 Å².